The molecule has 1 amide bonds. The average molecular weight is 401 g/mol. The van der Waals surface area contributed by atoms with Crippen molar-refractivity contribution in [3.63, 3.8) is 0 Å². The standard InChI is InChI=1S/C22H19N5OS/c1-15(29-22-25-24-21-23-13-6-14-26(21)22)20(28)27-18-9-4-2-7-16(18)11-12-17-8-3-5-10-19(17)27/h2-10,13-15H,11-12H2,1H3. The van der Waals surface area contributed by atoms with Crippen LogP contribution in [0, 0.1) is 0 Å². The maximum Gasteiger partial charge on any atom is 0.255 e. The number of hydrogen-bond acceptors (Lipinski definition) is 5. The van der Waals surface area contributed by atoms with Crippen molar-refractivity contribution in [2.75, 3.05) is 4.90 Å². The molecular weight excluding hydrogens is 382 g/mol. The maximum atomic E-state index is 13.7. The number of aryl methyl sites for hydroxylation is 2. The normalized spacial score (nSPS) is 14.2. The molecule has 144 valence electrons. The quantitative estimate of drug-likeness (QED) is 0.484. The molecule has 5 rings (SSSR count). The first-order valence-electron chi connectivity index (χ1n) is 9.54. The van der Waals surface area contributed by atoms with E-state index in [1.807, 2.05) is 60.5 Å². The summed E-state index contributed by atoms with van der Waals surface area (Å²) in [7, 11) is 0. The fourth-order valence-corrected chi connectivity index (χ4v) is 4.58. The van der Waals surface area contributed by atoms with Crippen LogP contribution in [0.15, 0.2) is 72.1 Å². The summed E-state index contributed by atoms with van der Waals surface area (Å²) in [6, 6.07) is 18.1. The van der Waals surface area contributed by atoms with Crippen LogP contribution in [0.4, 0.5) is 11.4 Å². The second-order valence-corrected chi connectivity index (χ2v) is 8.27. The van der Waals surface area contributed by atoms with Crippen LogP contribution in [0.25, 0.3) is 5.78 Å². The minimum absolute atomic E-state index is 0.0254. The second kappa shape index (κ2) is 7.33. The summed E-state index contributed by atoms with van der Waals surface area (Å²) in [5, 5.41) is 8.61. The van der Waals surface area contributed by atoms with Crippen LogP contribution in [0.5, 0.6) is 0 Å². The topological polar surface area (TPSA) is 63.4 Å². The van der Waals surface area contributed by atoms with Gasteiger partial charge in [0.05, 0.1) is 16.6 Å². The molecule has 0 radical (unpaired) electrons. The highest BCUT2D eigenvalue weighted by Crippen LogP contribution is 2.38. The van der Waals surface area contributed by atoms with E-state index in [-0.39, 0.29) is 11.2 Å². The summed E-state index contributed by atoms with van der Waals surface area (Å²) >= 11 is 1.40. The monoisotopic (exact) mass is 401 g/mol. The van der Waals surface area contributed by atoms with Crippen molar-refractivity contribution in [2.45, 2.75) is 30.2 Å². The molecule has 0 N–H and O–H groups in total. The zero-order valence-electron chi connectivity index (χ0n) is 15.9. The Labute approximate surface area is 172 Å². The first-order chi connectivity index (χ1) is 14.2. The molecule has 4 aromatic rings. The number of hydrogen-bond donors (Lipinski definition) is 0. The zero-order chi connectivity index (χ0) is 19.8. The smallest absolute Gasteiger partial charge is 0.255 e. The third-order valence-electron chi connectivity index (χ3n) is 5.14. The summed E-state index contributed by atoms with van der Waals surface area (Å²) in [5.41, 5.74) is 4.29. The highest BCUT2D eigenvalue weighted by molar-refractivity contribution is 8.00. The highest BCUT2D eigenvalue weighted by atomic mass is 32.2. The van der Waals surface area contributed by atoms with Crippen molar-refractivity contribution >= 4 is 34.8 Å². The van der Waals surface area contributed by atoms with Gasteiger partial charge < -0.3 is 0 Å². The maximum absolute atomic E-state index is 13.7. The fraction of sp³-hybridized carbons (Fsp3) is 0.182. The lowest BCUT2D eigenvalue weighted by atomic mass is 10.0. The van der Waals surface area contributed by atoms with Crippen molar-refractivity contribution in [3.05, 3.63) is 78.1 Å². The minimum Gasteiger partial charge on any atom is -0.280 e. The second-order valence-electron chi connectivity index (χ2n) is 6.96. The van der Waals surface area contributed by atoms with E-state index >= 15 is 0 Å². The highest BCUT2D eigenvalue weighted by Gasteiger charge is 2.30. The molecule has 0 bridgehead atoms. The number of fused-ring (bicyclic) bond motifs is 3. The molecule has 0 saturated heterocycles. The molecule has 0 aliphatic carbocycles. The van der Waals surface area contributed by atoms with Gasteiger partial charge in [0.25, 0.3) is 5.78 Å². The summed E-state index contributed by atoms with van der Waals surface area (Å²) < 4.78 is 1.80. The Morgan fingerprint density at radius 3 is 2.31 bits per heavy atom. The van der Waals surface area contributed by atoms with Gasteiger partial charge >= 0.3 is 0 Å². The van der Waals surface area contributed by atoms with Crippen LogP contribution in [-0.2, 0) is 17.6 Å². The fourth-order valence-electron chi connectivity index (χ4n) is 3.71. The Balaban J connectivity index is 1.53. The van der Waals surface area contributed by atoms with Gasteiger partial charge in [-0.25, -0.2) is 4.98 Å². The van der Waals surface area contributed by atoms with Gasteiger partial charge in [-0.2, -0.15) is 0 Å². The van der Waals surface area contributed by atoms with Crippen molar-refractivity contribution in [3.8, 4) is 0 Å². The number of anilines is 2. The van der Waals surface area contributed by atoms with Gasteiger partial charge in [-0.05, 0) is 49.1 Å². The number of nitrogens with zero attached hydrogens (tertiary/aromatic N) is 5. The summed E-state index contributed by atoms with van der Waals surface area (Å²) in [6.45, 7) is 1.92. The van der Waals surface area contributed by atoms with Gasteiger partial charge in [0.2, 0.25) is 5.91 Å². The molecule has 7 heteroatoms. The van der Waals surface area contributed by atoms with Gasteiger partial charge in [-0.1, -0.05) is 48.2 Å². The van der Waals surface area contributed by atoms with E-state index in [9.17, 15) is 4.79 Å². The van der Waals surface area contributed by atoms with Crippen molar-refractivity contribution in [1.82, 2.24) is 19.6 Å². The van der Waals surface area contributed by atoms with Gasteiger partial charge in [0.15, 0.2) is 5.16 Å². The lowest BCUT2D eigenvalue weighted by Crippen LogP contribution is -2.33. The van der Waals surface area contributed by atoms with Crippen LogP contribution in [0.2, 0.25) is 0 Å². The van der Waals surface area contributed by atoms with Crippen LogP contribution in [-0.4, -0.2) is 30.7 Å². The number of carbonyl (C=O) groups is 1. The molecule has 1 aliphatic heterocycles. The molecule has 6 nitrogen and oxygen atoms in total. The largest absolute Gasteiger partial charge is 0.280 e. The lowest BCUT2D eigenvalue weighted by Gasteiger charge is -2.27. The third kappa shape index (κ3) is 3.17. The molecule has 0 spiro atoms. The summed E-state index contributed by atoms with van der Waals surface area (Å²) in [5.74, 6) is 0.553. The first kappa shape index (κ1) is 17.9. The number of thioether (sulfide) groups is 1. The zero-order valence-corrected chi connectivity index (χ0v) is 16.7. The van der Waals surface area contributed by atoms with E-state index in [0.717, 1.165) is 24.2 Å². The molecule has 29 heavy (non-hydrogen) atoms. The number of aromatic nitrogens is 4. The predicted octanol–water partition coefficient (Wildman–Crippen LogP) is 4.07. The van der Waals surface area contributed by atoms with Crippen molar-refractivity contribution in [1.29, 1.82) is 0 Å². The molecule has 0 saturated carbocycles. The van der Waals surface area contributed by atoms with Crippen LogP contribution in [0.1, 0.15) is 18.1 Å². The first-order valence-corrected chi connectivity index (χ1v) is 10.4. The van der Waals surface area contributed by atoms with Crippen LogP contribution < -0.4 is 4.90 Å². The van der Waals surface area contributed by atoms with Gasteiger partial charge in [-0.15, -0.1) is 10.2 Å². The number of para-hydroxylation sites is 2. The van der Waals surface area contributed by atoms with Crippen molar-refractivity contribution in [2.24, 2.45) is 0 Å². The van der Waals surface area contributed by atoms with Crippen LogP contribution >= 0.6 is 11.8 Å². The molecule has 1 aliphatic rings. The van der Waals surface area contributed by atoms with E-state index in [2.05, 4.69) is 27.3 Å². The van der Waals surface area contributed by atoms with E-state index < -0.39 is 0 Å². The predicted molar refractivity (Wildman–Crippen MR) is 114 cm³/mol. The van der Waals surface area contributed by atoms with Gasteiger partial charge in [0, 0.05) is 12.4 Å². The van der Waals surface area contributed by atoms with Gasteiger partial charge in [0.1, 0.15) is 0 Å². The molecule has 2 aromatic heterocycles. The molecule has 0 fully saturated rings. The Morgan fingerprint density at radius 1 is 0.966 bits per heavy atom. The van der Waals surface area contributed by atoms with Crippen molar-refractivity contribution < 1.29 is 4.79 Å². The Kier molecular flexibility index (Phi) is 4.52. The number of amides is 1. The molecule has 2 aromatic carbocycles. The van der Waals surface area contributed by atoms with Crippen LogP contribution in [0.3, 0.4) is 0 Å². The Morgan fingerprint density at radius 2 is 1.62 bits per heavy atom. The number of carbonyl (C=O) groups excluding carboxylic acids is 1. The summed E-state index contributed by atoms with van der Waals surface area (Å²) in [4.78, 5) is 19.7. The number of benzene rings is 2. The van der Waals surface area contributed by atoms with E-state index in [4.69, 9.17) is 0 Å². The lowest BCUT2D eigenvalue weighted by molar-refractivity contribution is -0.117. The minimum atomic E-state index is -0.346. The molecule has 1 unspecified atom stereocenters. The Hall–Kier alpha value is -3.19. The van der Waals surface area contributed by atoms with E-state index in [1.54, 1.807) is 10.6 Å². The summed E-state index contributed by atoms with van der Waals surface area (Å²) in [6.07, 6.45) is 5.37. The number of rotatable bonds is 3. The average Bonchev–Trinajstić information content (AvgIpc) is 3.08. The molecule has 1 atom stereocenters. The molecular formula is C22H19N5OS. The van der Waals surface area contributed by atoms with E-state index in [0.29, 0.717) is 10.9 Å². The molecule has 3 heterocycles. The Bertz CT molecular complexity index is 1160. The van der Waals surface area contributed by atoms with E-state index in [1.165, 1.54) is 22.9 Å². The third-order valence-corrected chi connectivity index (χ3v) is 6.18. The van der Waals surface area contributed by atoms with Gasteiger partial charge in [-0.3, -0.25) is 14.1 Å². The SMILES string of the molecule is CC(Sc1nnc2ncccn12)C(=O)N1c2ccccc2CCc2ccccc21.